The zero-order chi connectivity index (χ0) is 21.4. The van der Waals surface area contributed by atoms with Crippen molar-refractivity contribution in [3.8, 4) is 5.75 Å². The third-order valence-electron chi connectivity index (χ3n) is 4.64. The fraction of sp³-hybridized carbons (Fsp3) is 0.333. The molecule has 0 bridgehead atoms. The summed E-state index contributed by atoms with van der Waals surface area (Å²) in [6.07, 6.45) is 0.779. The second kappa shape index (κ2) is 10.2. The highest BCUT2D eigenvalue weighted by Crippen LogP contribution is 2.30. The Balaban J connectivity index is 2.04. The Labute approximate surface area is 169 Å². The maximum absolute atomic E-state index is 12.6. The molecule has 0 aromatic heterocycles. The third-order valence-corrected chi connectivity index (χ3v) is 4.64. The number of rotatable bonds is 9. The zero-order valence-corrected chi connectivity index (χ0v) is 16.6. The molecule has 154 valence electrons. The number of nitro benzene ring substituents is 1. The van der Waals surface area contributed by atoms with Gasteiger partial charge in [-0.25, -0.2) is 0 Å². The van der Waals surface area contributed by atoms with E-state index in [0.717, 1.165) is 12.0 Å². The molecule has 29 heavy (non-hydrogen) atoms. The van der Waals surface area contributed by atoms with Crippen molar-refractivity contribution in [1.29, 1.82) is 0 Å². The molecular weight excluding hydrogens is 376 g/mol. The summed E-state index contributed by atoms with van der Waals surface area (Å²) in [4.78, 5) is 35.2. The number of ether oxygens (including phenoxy) is 2. The molecule has 1 N–H and O–H groups in total. The van der Waals surface area contributed by atoms with E-state index in [0.29, 0.717) is 0 Å². The van der Waals surface area contributed by atoms with Crippen LogP contribution in [0, 0.1) is 16.0 Å². The maximum Gasteiger partial charge on any atom is 0.314 e. The molecule has 8 heteroatoms. The van der Waals surface area contributed by atoms with Gasteiger partial charge in [0.15, 0.2) is 6.61 Å². The molecule has 1 amide bonds. The minimum atomic E-state index is -0.568. The first-order valence-corrected chi connectivity index (χ1v) is 9.21. The zero-order valence-electron chi connectivity index (χ0n) is 16.6. The number of hydrogen-bond acceptors (Lipinski definition) is 6. The van der Waals surface area contributed by atoms with Crippen LogP contribution in [-0.4, -0.2) is 30.5 Å². The second-order valence-corrected chi connectivity index (χ2v) is 6.57. The summed E-state index contributed by atoms with van der Waals surface area (Å²) >= 11 is 0. The minimum Gasteiger partial charge on any atom is -0.494 e. The van der Waals surface area contributed by atoms with Crippen LogP contribution in [-0.2, 0) is 14.3 Å². The molecular formula is C21H24N2O6. The van der Waals surface area contributed by atoms with E-state index < -0.39 is 29.3 Å². The number of nitrogens with zero attached hydrogens (tertiary/aromatic N) is 1. The molecule has 0 fully saturated rings. The Hall–Kier alpha value is -3.42. The minimum absolute atomic E-state index is 0.0442. The van der Waals surface area contributed by atoms with Gasteiger partial charge in [0.25, 0.3) is 11.6 Å². The summed E-state index contributed by atoms with van der Waals surface area (Å²) in [5.74, 6) is -1.33. The molecule has 0 unspecified atom stereocenters. The number of amides is 1. The van der Waals surface area contributed by atoms with Crippen LogP contribution < -0.4 is 10.1 Å². The van der Waals surface area contributed by atoms with Gasteiger partial charge in [-0.2, -0.15) is 0 Å². The van der Waals surface area contributed by atoms with Gasteiger partial charge in [-0.15, -0.1) is 0 Å². The summed E-state index contributed by atoms with van der Waals surface area (Å²) in [6, 6.07) is 13.1. The highest BCUT2D eigenvalue weighted by molar-refractivity contribution is 5.94. The maximum atomic E-state index is 12.6. The summed E-state index contributed by atoms with van der Waals surface area (Å²) in [7, 11) is 1.34. The number of carbonyl (C=O) groups excluding carboxylic acids is 2. The first-order valence-electron chi connectivity index (χ1n) is 9.21. The fourth-order valence-corrected chi connectivity index (χ4v) is 2.90. The Bertz CT molecular complexity index is 869. The summed E-state index contributed by atoms with van der Waals surface area (Å²) < 4.78 is 10.3. The third kappa shape index (κ3) is 5.78. The van der Waals surface area contributed by atoms with Crippen molar-refractivity contribution >= 4 is 23.3 Å². The van der Waals surface area contributed by atoms with E-state index in [1.807, 2.05) is 44.2 Å². The van der Waals surface area contributed by atoms with E-state index in [4.69, 9.17) is 9.47 Å². The van der Waals surface area contributed by atoms with Crippen LogP contribution in [0.3, 0.4) is 0 Å². The van der Waals surface area contributed by atoms with Gasteiger partial charge in [-0.1, -0.05) is 50.6 Å². The van der Waals surface area contributed by atoms with Crippen LogP contribution in [0.2, 0.25) is 0 Å². The van der Waals surface area contributed by atoms with Gasteiger partial charge in [0.05, 0.1) is 29.7 Å². The Morgan fingerprint density at radius 1 is 1.17 bits per heavy atom. The first kappa shape index (κ1) is 21.9. The molecule has 0 saturated heterocycles. The molecule has 2 aromatic carbocycles. The predicted octanol–water partition coefficient (Wildman–Crippen LogP) is 3.92. The van der Waals surface area contributed by atoms with E-state index >= 15 is 0 Å². The molecule has 0 aliphatic rings. The van der Waals surface area contributed by atoms with Crippen molar-refractivity contribution in [3.05, 3.63) is 64.2 Å². The van der Waals surface area contributed by atoms with E-state index in [1.54, 1.807) is 0 Å². The Morgan fingerprint density at radius 3 is 2.45 bits per heavy atom. The molecule has 2 atom stereocenters. The average Bonchev–Trinajstić information content (AvgIpc) is 2.73. The molecule has 0 radical (unpaired) electrons. The summed E-state index contributed by atoms with van der Waals surface area (Å²) in [5, 5.41) is 13.4. The number of nitro groups is 1. The largest absolute Gasteiger partial charge is 0.494 e. The molecule has 0 saturated carbocycles. The molecule has 2 aromatic rings. The lowest BCUT2D eigenvalue weighted by Crippen LogP contribution is -2.27. The van der Waals surface area contributed by atoms with Crippen molar-refractivity contribution in [3.63, 3.8) is 0 Å². The van der Waals surface area contributed by atoms with E-state index in [1.165, 1.54) is 25.3 Å². The number of hydrogen-bond donors (Lipinski definition) is 1. The van der Waals surface area contributed by atoms with E-state index in [-0.39, 0.29) is 23.0 Å². The van der Waals surface area contributed by atoms with Gasteiger partial charge in [-0.05, 0) is 17.5 Å². The van der Waals surface area contributed by atoms with Crippen LogP contribution in [0.4, 0.5) is 11.4 Å². The van der Waals surface area contributed by atoms with Gasteiger partial charge < -0.3 is 14.8 Å². The highest BCUT2D eigenvalue weighted by Gasteiger charge is 2.28. The number of esters is 1. The number of non-ortho nitro benzene ring substituents is 1. The van der Waals surface area contributed by atoms with E-state index in [2.05, 4.69) is 5.32 Å². The lowest BCUT2D eigenvalue weighted by Gasteiger charge is -2.21. The van der Waals surface area contributed by atoms with Gasteiger partial charge in [-0.3, -0.25) is 19.7 Å². The lowest BCUT2D eigenvalue weighted by atomic mass is 9.86. The fourth-order valence-electron chi connectivity index (χ4n) is 2.90. The summed E-state index contributed by atoms with van der Waals surface area (Å²) in [6.45, 7) is 3.47. The molecule has 0 aliphatic heterocycles. The molecule has 0 spiro atoms. The molecule has 0 heterocycles. The van der Waals surface area contributed by atoms with Crippen molar-refractivity contribution in [1.82, 2.24) is 0 Å². The normalized spacial score (nSPS) is 12.5. The number of anilines is 1. The average molecular weight is 400 g/mol. The molecule has 8 nitrogen and oxygen atoms in total. The number of carbonyl (C=O) groups is 2. The molecule has 0 aliphatic carbocycles. The standard InChI is InChI=1S/C21H24N2O6/c1-4-14(2)20(15-8-6-5-7-9-15)21(25)29-13-19(24)22-17-11-10-16(23(26)27)12-18(17)28-3/h5-12,14,20H,4,13H2,1-3H3,(H,22,24)/t14-,20-/m0/s1. The predicted molar refractivity (Wildman–Crippen MR) is 108 cm³/mol. The summed E-state index contributed by atoms with van der Waals surface area (Å²) in [5.41, 5.74) is 0.926. The van der Waals surface area contributed by atoms with Gasteiger partial charge in [0, 0.05) is 6.07 Å². The van der Waals surface area contributed by atoms with Crippen LogP contribution in [0.1, 0.15) is 31.7 Å². The quantitative estimate of drug-likeness (QED) is 0.388. The van der Waals surface area contributed by atoms with Crippen LogP contribution in [0.25, 0.3) is 0 Å². The van der Waals surface area contributed by atoms with Crippen molar-refractivity contribution in [2.75, 3.05) is 19.0 Å². The highest BCUT2D eigenvalue weighted by atomic mass is 16.6. The van der Waals surface area contributed by atoms with Gasteiger partial charge >= 0.3 is 5.97 Å². The topological polar surface area (TPSA) is 108 Å². The van der Waals surface area contributed by atoms with Gasteiger partial charge in [0.2, 0.25) is 0 Å². The van der Waals surface area contributed by atoms with Crippen LogP contribution in [0.15, 0.2) is 48.5 Å². The van der Waals surface area contributed by atoms with Crippen LogP contribution >= 0.6 is 0 Å². The first-order chi connectivity index (χ1) is 13.9. The van der Waals surface area contributed by atoms with E-state index in [9.17, 15) is 19.7 Å². The van der Waals surface area contributed by atoms with Crippen molar-refractivity contribution in [2.45, 2.75) is 26.2 Å². The Morgan fingerprint density at radius 2 is 1.86 bits per heavy atom. The van der Waals surface area contributed by atoms with Crippen LogP contribution in [0.5, 0.6) is 5.75 Å². The monoisotopic (exact) mass is 400 g/mol. The number of benzene rings is 2. The smallest absolute Gasteiger partial charge is 0.314 e. The molecule has 2 rings (SSSR count). The van der Waals surface area contributed by atoms with Crippen molar-refractivity contribution in [2.24, 2.45) is 5.92 Å². The van der Waals surface area contributed by atoms with Gasteiger partial charge in [0.1, 0.15) is 5.75 Å². The lowest BCUT2D eigenvalue weighted by molar-refractivity contribution is -0.384. The number of methoxy groups -OCH3 is 1. The van der Waals surface area contributed by atoms with Crippen molar-refractivity contribution < 1.29 is 24.0 Å². The SMILES string of the molecule is CC[C@H](C)[C@H](C(=O)OCC(=O)Nc1ccc([N+](=O)[O-])cc1OC)c1ccccc1. The Kier molecular flexibility index (Phi) is 7.70. The second-order valence-electron chi connectivity index (χ2n) is 6.57. The number of nitrogens with one attached hydrogen (secondary N) is 1.